The van der Waals surface area contributed by atoms with E-state index in [0.29, 0.717) is 11.4 Å². The first-order chi connectivity index (χ1) is 14.0. The van der Waals surface area contributed by atoms with Crippen molar-refractivity contribution in [2.24, 2.45) is 0 Å². The SMILES string of the molecule is CN(Cc1c([O-])on[n+]1-c1ccccc1)C1CC(=O)N(c2ccc(Br)cc2)C1=O. The lowest BCUT2D eigenvalue weighted by molar-refractivity contribution is -0.678. The van der Waals surface area contributed by atoms with Crippen molar-refractivity contribution in [2.75, 3.05) is 11.9 Å². The van der Waals surface area contributed by atoms with Gasteiger partial charge in [-0.1, -0.05) is 34.1 Å². The molecule has 1 aliphatic heterocycles. The molecule has 1 atom stereocenters. The van der Waals surface area contributed by atoms with Crippen LogP contribution in [0.5, 0.6) is 5.95 Å². The summed E-state index contributed by atoms with van der Waals surface area (Å²) in [6.07, 6.45) is 0.0379. The third-order valence-corrected chi connectivity index (χ3v) is 5.36. The van der Waals surface area contributed by atoms with Crippen molar-refractivity contribution in [2.45, 2.75) is 19.0 Å². The highest BCUT2D eigenvalue weighted by Gasteiger charge is 2.42. The molecule has 4 rings (SSSR count). The minimum Gasteiger partial charge on any atom is -0.539 e. The lowest BCUT2D eigenvalue weighted by atomic mass is 10.2. The molecule has 1 fully saturated rings. The van der Waals surface area contributed by atoms with Gasteiger partial charge in [0.25, 0.3) is 11.6 Å². The zero-order valence-corrected chi connectivity index (χ0v) is 17.1. The molecule has 1 saturated heterocycles. The summed E-state index contributed by atoms with van der Waals surface area (Å²) >= 11 is 3.34. The molecule has 1 aromatic heterocycles. The Hall–Kier alpha value is -3.04. The van der Waals surface area contributed by atoms with Gasteiger partial charge in [0.05, 0.1) is 30.0 Å². The van der Waals surface area contributed by atoms with E-state index in [9.17, 15) is 14.7 Å². The molecule has 0 radical (unpaired) electrons. The van der Waals surface area contributed by atoms with Crippen LogP contribution < -0.4 is 14.7 Å². The fourth-order valence-corrected chi connectivity index (χ4v) is 3.60. The maximum Gasteiger partial charge on any atom is 0.254 e. The van der Waals surface area contributed by atoms with Crippen LogP contribution in [0.2, 0.25) is 0 Å². The lowest BCUT2D eigenvalue weighted by Crippen LogP contribution is -2.44. The molecule has 1 unspecified atom stereocenters. The van der Waals surface area contributed by atoms with Crippen molar-refractivity contribution in [1.29, 1.82) is 0 Å². The molecular weight excluding hydrogens is 440 g/mol. The Bertz CT molecular complexity index is 1050. The fourth-order valence-electron chi connectivity index (χ4n) is 3.34. The van der Waals surface area contributed by atoms with E-state index in [-0.39, 0.29) is 30.5 Å². The first-order valence-electron chi connectivity index (χ1n) is 8.91. The molecule has 9 heteroatoms. The largest absolute Gasteiger partial charge is 0.539 e. The van der Waals surface area contributed by atoms with E-state index in [4.69, 9.17) is 4.52 Å². The van der Waals surface area contributed by atoms with Crippen LogP contribution in [-0.2, 0) is 16.1 Å². The molecule has 0 N–H and O–H groups in total. The predicted octanol–water partition coefficient (Wildman–Crippen LogP) is 1.55. The van der Waals surface area contributed by atoms with E-state index < -0.39 is 12.0 Å². The molecular formula is C20H17BrN4O4. The van der Waals surface area contributed by atoms with Crippen LogP contribution in [0.1, 0.15) is 12.1 Å². The van der Waals surface area contributed by atoms with Gasteiger partial charge in [-0.25, -0.2) is 4.90 Å². The van der Waals surface area contributed by atoms with Gasteiger partial charge in [0.2, 0.25) is 11.6 Å². The van der Waals surface area contributed by atoms with E-state index in [1.54, 1.807) is 48.3 Å². The number of halogens is 1. The quantitative estimate of drug-likeness (QED) is 0.427. The van der Waals surface area contributed by atoms with Crippen molar-refractivity contribution in [3.63, 3.8) is 0 Å². The van der Waals surface area contributed by atoms with E-state index in [1.807, 2.05) is 18.2 Å². The second-order valence-electron chi connectivity index (χ2n) is 6.73. The van der Waals surface area contributed by atoms with Gasteiger partial charge in [-0.15, -0.1) is 0 Å². The summed E-state index contributed by atoms with van der Waals surface area (Å²) in [5.41, 5.74) is 1.47. The van der Waals surface area contributed by atoms with Gasteiger partial charge in [-0.3, -0.25) is 14.5 Å². The molecule has 0 saturated carbocycles. The van der Waals surface area contributed by atoms with Crippen LogP contribution in [0.15, 0.2) is 63.6 Å². The number of carbonyl (C=O) groups excluding carboxylic acids is 2. The molecule has 0 bridgehead atoms. The van der Waals surface area contributed by atoms with Crippen LogP contribution in [0.3, 0.4) is 0 Å². The normalized spacial score (nSPS) is 16.8. The number of rotatable bonds is 5. The Labute approximate surface area is 175 Å². The first kappa shape index (κ1) is 19.3. The van der Waals surface area contributed by atoms with E-state index in [1.165, 1.54) is 9.58 Å². The molecule has 0 aliphatic carbocycles. The third-order valence-electron chi connectivity index (χ3n) is 4.84. The van der Waals surface area contributed by atoms with E-state index >= 15 is 0 Å². The van der Waals surface area contributed by atoms with Gasteiger partial charge in [0, 0.05) is 16.6 Å². The van der Waals surface area contributed by atoms with Crippen molar-refractivity contribution in [3.05, 3.63) is 64.8 Å². The van der Waals surface area contributed by atoms with Crippen LogP contribution >= 0.6 is 15.9 Å². The molecule has 2 heterocycles. The molecule has 0 spiro atoms. The van der Waals surface area contributed by atoms with Gasteiger partial charge in [0.1, 0.15) is 0 Å². The highest BCUT2D eigenvalue weighted by atomic mass is 79.9. The summed E-state index contributed by atoms with van der Waals surface area (Å²) in [7, 11) is 1.70. The molecule has 2 amide bonds. The number of hydrogen-bond donors (Lipinski definition) is 0. The molecule has 2 aromatic carbocycles. The standard InChI is InChI=1S/C20H17BrN4O4/c1-23(12-17-20(28)29-22-25(17)15-5-3-2-4-6-15)16-11-18(26)24(19(16)27)14-9-7-13(21)8-10-14/h2-10,16H,11-12H2,1H3. The Morgan fingerprint density at radius 1 is 1.21 bits per heavy atom. The maximum atomic E-state index is 12.9. The topological polar surface area (TPSA) is 93.6 Å². The summed E-state index contributed by atoms with van der Waals surface area (Å²) < 4.78 is 7.09. The highest BCUT2D eigenvalue weighted by molar-refractivity contribution is 9.10. The number of imide groups is 1. The van der Waals surface area contributed by atoms with Gasteiger partial charge < -0.3 is 9.63 Å². The molecule has 29 heavy (non-hydrogen) atoms. The smallest absolute Gasteiger partial charge is 0.254 e. The number of carbonyl (C=O) groups is 2. The number of para-hydroxylation sites is 1. The number of aromatic nitrogens is 2. The minimum atomic E-state index is -0.676. The van der Waals surface area contributed by atoms with Gasteiger partial charge in [0.15, 0.2) is 5.95 Å². The first-order valence-corrected chi connectivity index (χ1v) is 9.71. The van der Waals surface area contributed by atoms with Crippen molar-refractivity contribution in [3.8, 4) is 11.6 Å². The predicted molar refractivity (Wildman–Crippen MR) is 104 cm³/mol. The lowest BCUT2D eigenvalue weighted by Gasteiger charge is -2.21. The molecule has 148 valence electrons. The Kier molecular flexibility index (Phi) is 5.16. The van der Waals surface area contributed by atoms with Gasteiger partial charge in [-0.05, 0) is 36.0 Å². The Morgan fingerprint density at radius 2 is 1.90 bits per heavy atom. The summed E-state index contributed by atoms with van der Waals surface area (Å²) in [4.78, 5) is 28.3. The number of amides is 2. The van der Waals surface area contributed by atoms with E-state index in [0.717, 1.165) is 4.47 Å². The van der Waals surface area contributed by atoms with E-state index in [2.05, 4.69) is 21.2 Å². The summed E-state index contributed by atoms with van der Waals surface area (Å²) in [6, 6.07) is 15.4. The number of likely N-dealkylation sites (N-methyl/N-ethyl adjacent to an activating group) is 1. The van der Waals surface area contributed by atoms with Crippen LogP contribution in [0, 0.1) is 0 Å². The summed E-state index contributed by atoms with van der Waals surface area (Å²) in [5.74, 6) is -1.19. The average molecular weight is 457 g/mol. The fraction of sp³-hybridized carbons (Fsp3) is 0.200. The summed E-state index contributed by atoms with van der Waals surface area (Å²) in [5, 5.41) is 16.0. The van der Waals surface area contributed by atoms with Crippen LogP contribution in [-0.4, -0.2) is 35.1 Å². The van der Waals surface area contributed by atoms with Gasteiger partial charge >= 0.3 is 0 Å². The van der Waals surface area contributed by atoms with Crippen LogP contribution in [0.25, 0.3) is 5.69 Å². The van der Waals surface area contributed by atoms with Gasteiger partial charge in [-0.2, -0.15) is 0 Å². The number of anilines is 1. The summed E-state index contributed by atoms with van der Waals surface area (Å²) in [6.45, 7) is 0.106. The molecule has 8 nitrogen and oxygen atoms in total. The zero-order valence-electron chi connectivity index (χ0n) is 15.5. The van der Waals surface area contributed by atoms with Crippen molar-refractivity contribution in [1.82, 2.24) is 10.2 Å². The number of hydrogen-bond acceptors (Lipinski definition) is 6. The maximum absolute atomic E-state index is 12.9. The zero-order chi connectivity index (χ0) is 20.5. The van der Waals surface area contributed by atoms with Crippen molar-refractivity contribution >= 4 is 33.4 Å². The van der Waals surface area contributed by atoms with Crippen LogP contribution in [0.4, 0.5) is 5.69 Å². The second-order valence-corrected chi connectivity index (χ2v) is 7.65. The Morgan fingerprint density at radius 3 is 2.59 bits per heavy atom. The number of nitrogens with zero attached hydrogens (tertiary/aromatic N) is 4. The monoisotopic (exact) mass is 456 g/mol. The molecule has 3 aromatic rings. The number of benzene rings is 2. The second kappa shape index (κ2) is 7.76. The average Bonchev–Trinajstić information content (AvgIpc) is 3.23. The molecule has 1 aliphatic rings. The Balaban J connectivity index is 1.56. The minimum absolute atomic E-state index is 0.0379. The third kappa shape index (κ3) is 3.66. The van der Waals surface area contributed by atoms with Crippen molar-refractivity contribution < 1.29 is 23.9 Å². The highest BCUT2D eigenvalue weighted by Crippen LogP contribution is 2.27.